The van der Waals surface area contributed by atoms with Crippen molar-refractivity contribution < 1.29 is 22.5 Å². The van der Waals surface area contributed by atoms with Crippen LogP contribution < -0.4 is 9.50 Å². The first-order valence-corrected chi connectivity index (χ1v) is 10.5. The van der Waals surface area contributed by atoms with Crippen LogP contribution in [0.25, 0.3) is 10.8 Å². The number of rotatable bonds is 5. The molecular formula is C23H17NO5S. The number of phenols is 1. The SMILES string of the molecule is O=C(Nc1ccccc1OS(=O)(=O)c1ccccc1)c1cc2ccccc2cc1O. The first kappa shape index (κ1) is 19.5. The Kier molecular flexibility index (Phi) is 5.12. The highest BCUT2D eigenvalue weighted by molar-refractivity contribution is 7.87. The highest BCUT2D eigenvalue weighted by Crippen LogP contribution is 2.30. The van der Waals surface area contributed by atoms with E-state index in [9.17, 15) is 18.3 Å². The lowest BCUT2D eigenvalue weighted by molar-refractivity contribution is 0.102. The van der Waals surface area contributed by atoms with Crippen LogP contribution in [0.4, 0.5) is 5.69 Å². The van der Waals surface area contributed by atoms with Crippen LogP contribution in [0.3, 0.4) is 0 Å². The molecule has 1 amide bonds. The summed E-state index contributed by atoms with van der Waals surface area (Å²) in [4.78, 5) is 12.8. The van der Waals surface area contributed by atoms with Crippen LogP contribution in [0.1, 0.15) is 10.4 Å². The number of amides is 1. The summed E-state index contributed by atoms with van der Waals surface area (Å²) >= 11 is 0. The third-order valence-electron chi connectivity index (χ3n) is 4.48. The number of hydrogen-bond acceptors (Lipinski definition) is 5. The number of para-hydroxylation sites is 2. The Morgan fingerprint density at radius 1 is 0.800 bits per heavy atom. The summed E-state index contributed by atoms with van der Waals surface area (Å²) < 4.78 is 30.3. The highest BCUT2D eigenvalue weighted by Gasteiger charge is 2.20. The molecule has 0 spiro atoms. The van der Waals surface area contributed by atoms with Gasteiger partial charge in [0.25, 0.3) is 5.91 Å². The number of anilines is 1. The molecule has 4 aromatic rings. The van der Waals surface area contributed by atoms with Crippen LogP contribution in [0, 0.1) is 0 Å². The number of hydrogen-bond donors (Lipinski definition) is 2. The minimum Gasteiger partial charge on any atom is -0.507 e. The molecule has 0 aliphatic carbocycles. The predicted molar refractivity (Wildman–Crippen MR) is 114 cm³/mol. The van der Waals surface area contributed by atoms with E-state index >= 15 is 0 Å². The van der Waals surface area contributed by atoms with Crippen molar-refractivity contribution in [2.45, 2.75) is 4.90 Å². The normalized spacial score (nSPS) is 11.2. The van der Waals surface area contributed by atoms with Crippen molar-refractivity contribution in [2.24, 2.45) is 0 Å². The van der Waals surface area contributed by atoms with Crippen molar-refractivity contribution in [2.75, 3.05) is 5.32 Å². The van der Waals surface area contributed by atoms with Crippen molar-refractivity contribution in [1.29, 1.82) is 0 Å². The third-order valence-corrected chi connectivity index (χ3v) is 5.72. The van der Waals surface area contributed by atoms with Crippen molar-refractivity contribution in [3.8, 4) is 11.5 Å². The van der Waals surface area contributed by atoms with Gasteiger partial charge in [-0.05, 0) is 47.2 Å². The van der Waals surface area contributed by atoms with Crippen molar-refractivity contribution in [3.05, 3.63) is 96.6 Å². The van der Waals surface area contributed by atoms with Gasteiger partial charge in [-0.25, -0.2) is 0 Å². The number of benzene rings is 4. The zero-order chi connectivity index (χ0) is 21.1. The molecule has 4 aromatic carbocycles. The monoisotopic (exact) mass is 419 g/mol. The van der Waals surface area contributed by atoms with E-state index < -0.39 is 16.0 Å². The van der Waals surface area contributed by atoms with E-state index in [1.54, 1.807) is 36.4 Å². The van der Waals surface area contributed by atoms with E-state index in [0.717, 1.165) is 10.8 Å². The fourth-order valence-electron chi connectivity index (χ4n) is 3.00. The third kappa shape index (κ3) is 3.97. The van der Waals surface area contributed by atoms with Crippen molar-refractivity contribution in [3.63, 3.8) is 0 Å². The quantitative estimate of drug-likeness (QED) is 0.463. The molecule has 150 valence electrons. The van der Waals surface area contributed by atoms with Gasteiger partial charge in [0.15, 0.2) is 5.75 Å². The summed E-state index contributed by atoms with van der Waals surface area (Å²) in [5.41, 5.74) is 0.226. The molecule has 0 saturated carbocycles. The maximum Gasteiger partial charge on any atom is 0.339 e. The maximum atomic E-state index is 12.8. The van der Waals surface area contributed by atoms with Gasteiger partial charge < -0.3 is 14.6 Å². The average Bonchev–Trinajstić information content (AvgIpc) is 2.75. The molecule has 0 fully saturated rings. The van der Waals surface area contributed by atoms with Gasteiger partial charge in [-0.3, -0.25) is 4.79 Å². The second kappa shape index (κ2) is 7.88. The minimum atomic E-state index is -4.07. The highest BCUT2D eigenvalue weighted by atomic mass is 32.2. The summed E-state index contributed by atoms with van der Waals surface area (Å²) in [7, 11) is -4.07. The summed E-state index contributed by atoms with van der Waals surface area (Å²) in [5.74, 6) is -0.803. The van der Waals surface area contributed by atoms with E-state index in [-0.39, 0.29) is 27.6 Å². The number of aromatic hydroxyl groups is 1. The Labute approximate surface area is 173 Å². The summed E-state index contributed by atoms with van der Waals surface area (Å²) in [6.45, 7) is 0. The molecule has 0 aliphatic heterocycles. The number of phenolic OH excluding ortho intramolecular Hbond substituents is 1. The standard InChI is InChI=1S/C23H17NO5S/c25-21-15-17-9-5-4-8-16(17)14-19(21)23(26)24-20-12-6-7-13-22(20)29-30(27,28)18-10-2-1-3-11-18/h1-15,25H,(H,24,26). The zero-order valence-electron chi connectivity index (χ0n) is 15.6. The molecule has 0 radical (unpaired) electrons. The molecule has 0 bridgehead atoms. The van der Waals surface area contributed by atoms with Gasteiger partial charge in [0.05, 0.1) is 11.3 Å². The molecule has 0 saturated heterocycles. The number of carbonyl (C=O) groups is 1. The first-order chi connectivity index (χ1) is 14.4. The van der Waals surface area contributed by atoms with Gasteiger partial charge in [0, 0.05) is 0 Å². The smallest absolute Gasteiger partial charge is 0.339 e. The Morgan fingerprint density at radius 2 is 1.40 bits per heavy atom. The predicted octanol–water partition coefficient (Wildman–Crippen LogP) is 4.57. The Hall–Kier alpha value is -3.84. The molecular weight excluding hydrogens is 402 g/mol. The van der Waals surface area contributed by atoms with Crippen LogP contribution in [-0.2, 0) is 10.1 Å². The van der Waals surface area contributed by atoms with Crippen LogP contribution >= 0.6 is 0 Å². The Bertz CT molecular complexity index is 1330. The summed E-state index contributed by atoms with van der Waals surface area (Å²) in [6, 6.07) is 24.3. The largest absolute Gasteiger partial charge is 0.507 e. The molecule has 0 atom stereocenters. The van der Waals surface area contributed by atoms with Crippen LogP contribution in [0.2, 0.25) is 0 Å². The van der Waals surface area contributed by atoms with E-state index in [0.29, 0.717) is 0 Å². The lowest BCUT2D eigenvalue weighted by Gasteiger charge is -2.13. The van der Waals surface area contributed by atoms with Gasteiger partial charge in [-0.15, -0.1) is 0 Å². The number of nitrogens with one attached hydrogen (secondary N) is 1. The molecule has 30 heavy (non-hydrogen) atoms. The maximum absolute atomic E-state index is 12.8. The van der Waals surface area contributed by atoms with E-state index in [4.69, 9.17) is 4.18 Å². The Balaban J connectivity index is 1.63. The second-order valence-electron chi connectivity index (χ2n) is 6.52. The second-order valence-corrected chi connectivity index (χ2v) is 8.06. The molecule has 7 heteroatoms. The van der Waals surface area contributed by atoms with E-state index in [1.165, 1.54) is 30.3 Å². The molecule has 0 heterocycles. The molecule has 0 aromatic heterocycles. The minimum absolute atomic E-state index is 0.00157. The molecule has 4 rings (SSSR count). The summed E-state index contributed by atoms with van der Waals surface area (Å²) in [6.07, 6.45) is 0. The lowest BCUT2D eigenvalue weighted by atomic mass is 10.1. The van der Waals surface area contributed by atoms with E-state index in [2.05, 4.69) is 5.32 Å². The van der Waals surface area contributed by atoms with Crippen molar-refractivity contribution in [1.82, 2.24) is 0 Å². The molecule has 6 nitrogen and oxygen atoms in total. The topological polar surface area (TPSA) is 92.7 Å². The van der Waals surface area contributed by atoms with Crippen LogP contribution in [0.5, 0.6) is 11.5 Å². The van der Waals surface area contributed by atoms with Gasteiger partial charge in [0.2, 0.25) is 0 Å². The fraction of sp³-hybridized carbons (Fsp3) is 0. The van der Waals surface area contributed by atoms with Gasteiger partial charge >= 0.3 is 10.1 Å². The first-order valence-electron chi connectivity index (χ1n) is 9.06. The van der Waals surface area contributed by atoms with Gasteiger partial charge in [-0.1, -0.05) is 54.6 Å². The Morgan fingerprint density at radius 3 is 2.13 bits per heavy atom. The molecule has 2 N–H and O–H groups in total. The summed E-state index contributed by atoms with van der Waals surface area (Å²) in [5, 5.41) is 14.5. The van der Waals surface area contributed by atoms with Crippen molar-refractivity contribution >= 4 is 32.5 Å². The number of carbonyl (C=O) groups excluding carboxylic acids is 1. The average molecular weight is 419 g/mol. The zero-order valence-corrected chi connectivity index (χ0v) is 16.5. The number of fused-ring (bicyclic) bond motifs is 1. The van der Waals surface area contributed by atoms with Gasteiger partial charge in [-0.2, -0.15) is 8.42 Å². The fourth-order valence-corrected chi connectivity index (χ4v) is 3.96. The molecule has 0 aliphatic rings. The van der Waals surface area contributed by atoms with Gasteiger partial charge in [0.1, 0.15) is 10.6 Å². The van der Waals surface area contributed by atoms with E-state index in [1.807, 2.05) is 24.3 Å². The molecule has 0 unspecified atom stereocenters. The lowest BCUT2D eigenvalue weighted by Crippen LogP contribution is -2.15. The van der Waals surface area contributed by atoms with Crippen LogP contribution in [-0.4, -0.2) is 19.4 Å². The van der Waals surface area contributed by atoms with Crippen LogP contribution in [0.15, 0.2) is 95.9 Å².